The molecule has 11 heteroatoms. The van der Waals surface area contributed by atoms with Gasteiger partial charge < -0.3 is 15.4 Å². The molecule has 3 amide bonds. The summed E-state index contributed by atoms with van der Waals surface area (Å²) >= 11 is 1.74. The van der Waals surface area contributed by atoms with Crippen LogP contribution in [0.5, 0.6) is 0 Å². The Balaban J connectivity index is 1.63. The van der Waals surface area contributed by atoms with E-state index in [9.17, 15) is 27.6 Å². The van der Waals surface area contributed by atoms with E-state index in [-0.39, 0.29) is 17.6 Å². The van der Waals surface area contributed by atoms with Crippen molar-refractivity contribution >= 4 is 35.4 Å². The second-order valence-corrected chi connectivity index (χ2v) is 12.0. The number of rotatable bonds is 8. The van der Waals surface area contributed by atoms with E-state index in [2.05, 4.69) is 40.2 Å². The number of carbonyl (C=O) groups excluding carboxylic acids is 3. The Morgan fingerprint density at radius 3 is 2.33 bits per heavy atom. The van der Waals surface area contributed by atoms with Crippen LogP contribution in [0.2, 0.25) is 0 Å². The molecular weight excluding hydrogens is 543 g/mol. The fourth-order valence-corrected chi connectivity index (χ4v) is 5.51. The zero-order chi connectivity index (χ0) is 29.5. The summed E-state index contributed by atoms with van der Waals surface area (Å²) in [6.45, 7) is 6.50. The van der Waals surface area contributed by atoms with Crippen LogP contribution >= 0.6 is 11.8 Å². The van der Waals surface area contributed by atoms with Crippen molar-refractivity contribution in [1.29, 1.82) is 0 Å². The normalized spacial score (nSPS) is 17.6. The maximum absolute atomic E-state index is 13.3. The van der Waals surface area contributed by atoms with Crippen LogP contribution in [0, 0.1) is 12.8 Å². The highest BCUT2D eigenvalue weighted by Crippen LogP contribution is 2.33. The van der Waals surface area contributed by atoms with Gasteiger partial charge in [0.1, 0.15) is 5.60 Å². The summed E-state index contributed by atoms with van der Waals surface area (Å²) in [5.41, 5.74) is -1.33. The number of aryl methyl sites for hydroxylation is 1. The quantitative estimate of drug-likeness (QED) is 0.308. The molecule has 0 spiro atoms. The molecule has 0 aliphatic heterocycles. The molecule has 3 N–H and O–H groups in total. The summed E-state index contributed by atoms with van der Waals surface area (Å²) < 4.78 is 45.2. The van der Waals surface area contributed by atoms with Crippen molar-refractivity contribution in [3.63, 3.8) is 0 Å². The van der Waals surface area contributed by atoms with Gasteiger partial charge in [-0.1, -0.05) is 30.5 Å². The first-order valence-electron chi connectivity index (χ1n) is 13.2. The molecule has 0 bridgehead atoms. The molecule has 3 rings (SSSR count). The summed E-state index contributed by atoms with van der Waals surface area (Å²) in [6, 6.07) is 10.6. The second kappa shape index (κ2) is 13.4. The molecule has 0 heterocycles. The molecule has 0 radical (unpaired) electrons. The van der Waals surface area contributed by atoms with E-state index in [1.165, 1.54) is 5.56 Å². The van der Waals surface area contributed by atoms with Gasteiger partial charge in [0.15, 0.2) is 0 Å². The predicted octanol–water partition coefficient (Wildman–Crippen LogP) is 6.56. The lowest BCUT2D eigenvalue weighted by Crippen LogP contribution is -2.47. The lowest BCUT2D eigenvalue weighted by molar-refractivity contribution is -0.137. The van der Waals surface area contributed by atoms with Crippen LogP contribution in [0.25, 0.3) is 0 Å². The summed E-state index contributed by atoms with van der Waals surface area (Å²) in [5.74, 6) is -0.265. The number of nitrogens with one attached hydrogen (secondary N) is 3. The zero-order valence-electron chi connectivity index (χ0n) is 23.1. The Hall–Kier alpha value is -3.21. The number of carbonyl (C=O) groups is 3. The van der Waals surface area contributed by atoms with E-state index in [0.29, 0.717) is 6.07 Å². The molecule has 1 aliphatic carbocycles. The molecule has 1 fully saturated rings. The first kappa shape index (κ1) is 31.3. The third-order valence-electron chi connectivity index (χ3n) is 6.38. The van der Waals surface area contributed by atoms with Gasteiger partial charge in [-0.3, -0.25) is 14.9 Å². The number of thioether (sulfide) groups is 1. The van der Waals surface area contributed by atoms with Crippen LogP contribution in [-0.2, 0) is 15.7 Å². The Kier molecular flexibility index (Phi) is 10.5. The molecule has 2 aromatic carbocycles. The number of anilines is 1. The molecule has 2 aromatic rings. The van der Waals surface area contributed by atoms with Gasteiger partial charge in [0.25, 0.3) is 5.91 Å². The third-order valence-corrected chi connectivity index (χ3v) is 7.58. The highest BCUT2D eigenvalue weighted by Gasteiger charge is 2.32. The highest BCUT2D eigenvalue weighted by atomic mass is 32.2. The number of alkyl halides is 3. The number of ether oxygens (including phenoxy) is 1. The van der Waals surface area contributed by atoms with Crippen LogP contribution in [0.4, 0.5) is 23.7 Å². The van der Waals surface area contributed by atoms with Gasteiger partial charge >= 0.3 is 12.3 Å². The molecule has 0 unspecified atom stereocenters. The second-order valence-electron chi connectivity index (χ2n) is 10.9. The minimum atomic E-state index is -4.70. The number of hydrogen-bond acceptors (Lipinski definition) is 5. The third kappa shape index (κ3) is 9.76. The Labute approximate surface area is 237 Å². The van der Waals surface area contributed by atoms with Gasteiger partial charge in [-0.2, -0.15) is 13.2 Å². The summed E-state index contributed by atoms with van der Waals surface area (Å²) in [5, 5.41) is 7.71. The number of halogens is 3. The first-order valence-corrected chi connectivity index (χ1v) is 14.2. The van der Waals surface area contributed by atoms with Crippen LogP contribution in [0.1, 0.15) is 67.9 Å². The summed E-state index contributed by atoms with van der Waals surface area (Å²) in [4.78, 5) is 39.0. The maximum Gasteiger partial charge on any atom is 0.416 e. The maximum atomic E-state index is 13.3. The fourth-order valence-electron chi connectivity index (χ4n) is 4.38. The minimum absolute atomic E-state index is 0.0611. The largest absolute Gasteiger partial charge is 0.444 e. The van der Waals surface area contributed by atoms with E-state index >= 15 is 0 Å². The van der Waals surface area contributed by atoms with E-state index in [4.69, 9.17) is 4.74 Å². The van der Waals surface area contributed by atoms with Crippen molar-refractivity contribution in [3.8, 4) is 0 Å². The molecule has 1 saturated carbocycles. The van der Waals surface area contributed by atoms with Crippen molar-refractivity contribution in [2.24, 2.45) is 5.92 Å². The molecule has 2 atom stereocenters. The van der Waals surface area contributed by atoms with Crippen molar-refractivity contribution in [3.05, 3.63) is 59.2 Å². The van der Waals surface area contributed by atoms with Gasteiger partial charge in [-0.15, -0.1) is 11.8 Å². The zero-order valence-corrected chi connectivity index (χ0v) is 23.9. The average molecular weight is 580 g/mol. The summed E-state index contributed by atoms with van der Waals surface area (Å²) in [7, 11) is 0. The molecule has 7 nitrogen and oxygen atoms in total. The van der Waals surface area contributed by atoms with E-state index in [1.807, 2.05) is 6.92 Å². The number of hydrogen-bond donors (Lipinski definition) is 3. The van der Waals surface area contributed by atoms with E-state index in [0.717, 1.165) is 48.5 Å². The first-order chi connectivity index (χ1) is 18.7. The van der Waals surface area contributed by atoms with Crippen molar-refractivity contribution in [2.45, 2.75) is 76.1 Å². The van der Waals surface area contributed by atoms with Crippen LogP contribution in [0.15, 0.2) is 47.4 Å². The Bertz CT molecular complexity index is 1200. The fraction of sp³-hybridized carbons (Fsp3) is 0.483. The van der Waals surface area contributed by atoms with Crippen LogP contribution < -0.4 is 16.0 Å². The van der Waals surface area contributed by atoms with Crippen molar-refractivity contribution in [2.75, 3.05) is 17.6 Å². The monoisotopic (exact) mass is 579 g/mol. The lowest BCUT2D eigenvalue weighted by atomic mass is 9.86. The molecular formula is C29H36F3N3O4S. The number of benzene rings is 2. The van der Waals surface area contributed by atoms with Gasteiger partial charge in [-0.25, -0.2) is 4.79 Å². The molecule has 40 heavy (non-hydrogen) atoms. The van der Waals surface area contributed by atoms with Gasteiger partial charge in [-0.05, 0) is 76.8 Å². The molecule has 218 valence electrons. The predicted molar refractivity (Wildman–Crippen MR) is 149 cm³/mol. The van der Waals surface area contributed by atoms with Gasteiger partial charge in [0.05, 0.1) is 23.4 Å². The topological polar surface area (TPSA) is 96.5 Å². The van der Waals surface area contributed by atoms with E-state index in [1.54, 1.807) is 32.5 Å². The van der Waals surface area contributed by atoms with Crippen LogP contribution in [0.3, 0.4) is 0 Å². The highest BCUT2D eigenvalue weighted by molar-refractivity contribution is 7.99. The minimum Gasteiger partial charge on any atom is -0.444 e. The Morgan fingerprint density at radius 1 is 1.00 bits per heavy atom. The molecule has 0 saturated heterocycles. The van der Waals surface area contributed by atoms with Crippen molar-refractivity contribution in [1.82, 2.24) is 10.6 Å². The smallest absolute Gasteiger partial charge is 0.416 e. The number of amides is 3. The van der Waals surface area contributed by atoms with Crippen molar-refractivity contribution < 1.29 is 32.3 Å². The Morgan fingerprint density at radius 2 is 1.68 bits per heavy atom. The van der Waals surface area contributed by atoms with Crippen LogP contribution in [-0.4, -0.2) is 41.8 Å². The average Bonchev–Trinajstić information content (AvgIpc) is 2.86. The molecule has 0 aromatic heterocycles. The van der Waals surface area contributed by atoms with E-state index < -0.39 is 47.4 Å². The lowest BCUT2D eigenvalue weighted by Gasteiger charge is -2.32. The molecule has 1 aliphatic rings. The summed E-state index contributed by atoms with van der Waals surface area (Å²) in [6.07, 6.45) is -1.79. The van der Waals surface area contributed by atoms with Gasteiger partial charge in [0.2, 0.25) is 5.91 Å². The van der Waals surface area contributed by atoms with Gasteiger partial charge in [0, 0.05) is 16.7 Å². The SMILES string of the molecule is Cc1ccc(SC[C@@H]2CCCC[C@@H]2NC(=O)CNC(=O)c2cc(C(F)(F)F)ccc2NC(=O)OC(C)(C)C)cc1. The standard InChI is InChI=1S/C29H36F3N3O4S/c1-18-9-12-21(13-10-18)40-17-19-7-5-6-8-23(19)34-25(36)16-33-26(37)22-15-20(29(30,31)32)11-14-24(22)35-27(38)39-28(2,3)4/h9-15,19,23H,5-8,16-17H2,1-4H3,(H,33,37)(H,34,36)(H,35,38)/t19-,23-/m0/s1.